The minimum atomic E-state index is -0.0747. The molecule has 0 saturated carbocycles. The van der Waals surface area contributed by atoms with Crippen LogP contribution in [0.2, 0.25) is 0 Å². The van der Waals surface area contributed by atoms with Crippen LogP contribution in [0.3, 0.4) is 0 Å². The number of furan rings is 1. The Hall–Kier alpha value is -6.78. The van der Waals surface area contributed by atoms with Crippen LogP contribution in [-0.4, -0.2) is 11.3 Å². The third kappa shape index (κ3) is 4.35. The third-order valence-electron chi connectivity index (χ3n) is 12.3. The molecule has 0 fully saturated rings. The van der Waals surface area contributed by atoms with Crippen LogP contribution in [0.4, 0.5) is 17.1 Å². The van der Waals surface area contributed by atoms with Crippen LogP contribution in [0.1, 0.15) is 26.3 Å². The van der Waals surface area contributed by atoms with Crippen LogP contribution in [0.25, 0.3) is 77.1 Å². The van der Waals surface area contributed by atoms with Crippen molar-refractivity contribution in [2.45, 2.75) is 26.2 Å². The van der Waals surface area contributed by atoms with Gasteiger partial charge in [-0.05, 0) is 86.6 Å². The molecular weight excluding hydrogens is 679 g/mol. The van der Waals surface area contributed by atoms with Crippen molar-refractivity contribution in [1.29, 1.82) is 0 Å². The molecule has 0 aliphatic carbocycles. The summed E-state index contributed by atoms with van der Waals surface area (Å²) < 4.78 is 9.61. The molecular formula is C52H37BN2O. The number of para-hydroxylation sites is 3. The molecule has 0 saturated heterocycles. The van der Waals surface area contributed by atoms with Crippen molar-refractivity contribution >= 4 is 78.6 Å². The van der Waals surface area contributed by atoms with E-state index < -0.39 is 0 Å². The molecule has 12 rings (SSSR count). The largest absolute Gasteiger partial charge is 0.455 e. The van der Waals surface area contributed by atoms with E-state index in [9.17, 15) is 0 Å². The maximum Gasteiger partial charge on any atom is 0.333 e. The van der Waals surface area contributed by atoms with Gasteiger partial charge in [-0.2, -0.15) is 0 Å². The molecule has 0 radical (unpaired) electrons. The van der Waals surface area contributed by atoms with Crippen molar-refractivity contribution in [2.75, 3.05) is 4.90 Å². The first kappa shape index (κ1) is 31.6. The lowest BCUT2D eigenvalue weighted by molar-refractivity contribution is 0.591. The normalized spacial score (nSPS) is 13.2. The van der Waals surface area contributed by atoms with E-state index in [0.717, 1.165) is 27.6 Å². The summed E-state index contributed by atoms with van der Waals surface area (Å²) in [5.74, 6) is 0. The lowest BCUT2D eigenvalue weighted by Crippen LogP contribution is -2.57. The first-order valence-corrected chi connectivity index (χ1v) is 19.6. The number of hydrogen-bond acceptors (Lipinski definition) is 2. The molecule has 4 heteroatoms. The molecule has 0 bridgehead atoms. The summed E-state index contributed by atoms with van der Waals surface area (Å²) in [5, 5.41) is 4.82. The Morgan fingerprint density at radius 1 is 0.518 bits per heavy atom. The fraction of sp³-hybridized carbons (Fsp3) is 0.0769. The Balaban J connectivity index is 1.27. The van der Waals surface area contributed by atoms with Crippen LogP contribution >= 0.6 is 0 Å². The average Bonchev–Trinajstić information content (AvgIpc) is 3.78. The monoisotopic (exact) mass is 716 g/mol. The fourth-order valence-corrected chi connectivity index (χ4v) is 9.72. The minimum absolute atomic E-state index is 0.0417. The molecule has 10 aromatic rings. The third-order valence-corrected chi connectivity index (χ3v) is 12.3. The van der Waals surface area contributed by atoms with Gasteiger partial charge in [0, 0.05) is 60.8 Å². The van der Waals surface area contributed by atoms with Crippen molar-refractivity contribution in [3.05, 3.63) is 175 Å². The first-order chi connectivity index (χ1) is 27.4. The smallest absolute Gasteiger partial charge is 0.333 e. The van der Waals surface area contributed by atoms with Gasteiger partial charge in [0.25, 0.3) is 0 Å². The summed E-state index contributed by atoms with van der Waals surface area (Å²) in [6.45, 7) is 6.89. The van der Waals surface area contributed by atoms with Gasteiger partial charge in [-0.1, -0.05) is 148 Å². The van der Waals surface area contributed by atoms with Gasteiger partial charge >= 0.3 is 6.85 Å². The second-order valence-electron chi connectivity index (χ2n) is 16.5. The molecule has 0 unspecified atom stereocenters. The molecule has 2 aliphatic heterocycles. The standard InChI is InChI=1S/C52H37BN2O/c1-52(2,3)36-25-26-45-43(30-36)53-49-46(54(45)37-28-34(32-15-6-4-7-16-32)27-35(29-37)33-17-8-5-9-18-33)31-42-39-20-11-13-24-47(39)56-51(42)48(49)41-22-14-21-40-38-19-10-12-23-44(38)55(53)50(40)41/h4-31H,1-3H3. The van der Waals surface area contributed by atoms with E-state index in [1.165, 1.54) is 83.1 Å². The summed E-state index contributed by atoms with van der Waals surface area (Å²) in [6.07, 6.45) is 0. The molecule has 0 N–H and O–H groups in total. The molecule has 8 aromatic carbocycles. The van der Waals surface area contributed by atoms with Crippen LogP contribution < -0.4 is 15.8 Å². The number of anilines is 3. The van der Waals surface area contributed by atoms with Gasteiger partial charge in [0.05, 0.1) is 0 Å². The number of rotatable bonds is 3. The van der Waals surface area contributed by atoms with Gasteiger partial charge in [0.15, 0.2) is 0 Å². The topological polar surface area (TPSA) is 21.3 Å². The average molecular weight is 717 g/mol. The van der Waals surface area contributed by atoms with E-state index in [-0.39, 0.29) is 12.3 Å². The first-order valence-electron chi connectivity index (χ1n) is 19.6. The van der Waals surface area contributed by atoms with Crippen molar-refractivity contribution in [2.24, 2.45) is 0 Å². The molecule has 4 heterocycles. The lowest BCUT2D eigenvalue weighted by atomic mass is 9.44. The van der Waals surface area contributed by atoms with E-state index in [0.29, 0.717) is 0 Å². The number of aromatic nitrogens is 1. The molecule has 264 valence electrons. The number of hydrogen-bond donors (Lipinski definition) is 0. The number of benzene rings is 8. The summed E-state index contributed by atoms with van der Waals surface area (Å²) in [7, 11) is 0. The second-order valence-corrected chi connectivity index (χ2v) is 16.5. The van der Waals surface area contributed by atoms with E-state index in [1.54, 1.807) is 0 Å². The van der Waals surface area contributed by atoms with Crippen LogP contribution in [0.15, 0.2) is 174 Å². The van der Waals surface area contributed by atoms with Crippen molar-refractivity contribution in [3.8, 4) is 33.4 Å². The van der Waals surface area contributed by atoms with E-state index >= 15 is 0 Å². The zero-order chi connectivity index (χ0) is 37.3. The molecule has 2 aromatic heterocycles. The maximum absolute atomic E-state index is 6.98. The second kappa shape index (κ2) is 11.4. The Kier molecular flexibility index (Phi) is 6.41. The van der Waals surface area contributed by atoms with E-state index in [1.807, 2.05) is 0 Å². The number of nitrogens with zero attached hydrogens (tertiary/aromatic N) is 2. The highest BCUT2D eigenvalue weighted by Gasteiger charge is 2.44. The number of fused-ring (bicyclic) bond motifs is 11. The molecule has 56 heavy (non-hydrogen) atoms. The molecule has 3 nitrogen and oxygen atoms in total. The van der Waals surface area contributed by atoms with Crippen LogP contribution in [0.5, 0.6) is 0 Å². The molecule has 2 aliphatic rings. The summed E-state index contributed by atoms with van der Waals surface area (Å²) in [5.41, 5.74) is 18.9. The molecule has 0 atom stereocenters. The van der Waals surface area contributed by atoms with Gasteiger partial charge in [0.1, 0.15) is 11.2 Å². The Bertz CT molecular complexity index is 3180. The Morgan fingerprint density at radius 2 is 1.18 bits per heavy atom. The Labute approximate surface area is 326 Å². The highest BCUT2D eigenvalue weighted by molar-refractivity contribution is 6.90. The predicted molar refractivity (Wildman–Crippen MR) is 237 cm³/mol. The van der Waals surface area contributed by atoms with E-state index in [4.69, 9.17) is 4.42 Å². The summed E-state index contributed by atoms with van der Waals surface area (Å²) in [4.78, 5) is 2.55. The molecule has 0 spiro atoms. The zero-order valence-electron chi connectivity index (χ0n) is 31.5. The van der Waals surface area contributed by atoms with Gasteiger partial charge in [-0.15, -0.1) is 0 Å². The highest BCUT2D eigenvalue weighted by atomic mass is 16.3. The Morgan fingerprint density at radius 3 is 1.91 bits per heavy atom. The summed E-state index contributed by atoms with van der Waals surface area (Å²) >= 11 is 0. The van der Waals surface area contributed by atoms with Crippen LogP contribution in [-0.2, 0) is 5.41 Å². The quantitative estimate of drug-likeness (QED) is 0.170. The van der Waals surface area contributed by atoms with Crippen molar-refractivity contribution in [1.82, 2.24) is 4.48 Å². The zero-order valence-corrected chi connectivity index (χ0v) is 31.5. The van der Waals surface area contributed by atoms with E-state index in [2.05, 4.69) is 200 Å². The highest BCUT2D eigenvalue weighted by Crippen LogP contribution is 2.50. The maximum atomic E-state index is 6.98. The SMILES string of the molecule is CC(C)(C)c1ccc2c(c1)B1c3c(cc4c(oc5ccccc54)c3-c3cccc4c5ccccc5n1c34)N2c1cc(-c2ccccc2)cc(-c2ccccc2)c1. The van der Waals surface area contributed by atoms with Crippen molar-refractivity contribution in [3.63, 3.8) is 0 Å². The fourth-order valence-electron chi connectivity index (χ4n) is 9.72. The molecule has 0 amide bonds. The van der Waals surface area contributed by atoms with Gasteiger partial charge in [-0.25, -0.2) is 0 Å². The van der Waals surface area contributed by atoms with Crippen molar-refractivity contribution < 1.29 is 4.42 Å². The summed E-state index contributed by atoms with van der Waals surface area (Å²) in [6, 6.07) is 62.6. The minimum Gasteiger partial charge on any atom is -0.455 e. The van der Waals surface area contributed by atoms with Gasteiger partial charge in [-0.3, -0.25) is 0 Å². The van der Waals surface area contributed by atoms with Gasteiger partial charge in [0.2, 0.25) is 0 Å². The van der Waals surface area contributed by atoms with Crippen LogP contribution in [0, 0.1) is 0 Å². The lowest BCUT2D eigenvalue weighted by Gasteiger charge is -2.41. The predicted octanol–water partition coefficient (Wildman–Crippen LogP) is 12.7. The van der Waals surface area contributed by atoms with Gasteiger partial charge < -0.3 is 13.8 Å².